The van der Waals surface area contributed by atoms with Gasteiger partial charge in [-0.25, -0.2) is 9.97 Å². The molecule has 9 heterocycles. The second-order valence-electron chi connectivity index (χ2n) is 35.1. The standard InChI is InChI=1S/C22H14F3N5O.C18H9ClF3N3O.4C18H15P.C10H17BN2O2.Pd/c1-29-12-14(11-27-29)17-6-7-18-20(28-17)21-13(10-26-18)5-8-19(31)30(21)16-4-2-3-15(9-16)22(23,24)25;19-14-6-5-13-16(24-14)17-10(9-23-13)4-7-15(26)25(17)12-3-1-2-11(8-12)18(20,21)22;4*1-4-10-16(11-5-1)19(17-12-6-2-7-13-17)18-14-8-3-9-15-18;1-9(2)10(3,4)15-11(14-9)8-6-12-13(5)7-8;/h2-12H,1H3;1-9H;4*1-15H;6-7H,1-5H3;. The predicted octanol–water partition coefficient (Wildman–Crippen LogP) is 23.5. The van der Waals surface area contributed by atoms with E-state index in [1.54, 1.807) is 77.6 Å². The predicted molar refractivity (Wildman–Crippen MR) is 602 cm³/mol. The Kier molecular flexibility index (Phi) is 35.8. The van der Waals surface area contributed by atoms with Gasteiger partial charge in [0, 0.05) is 111 Å². The van der Waals surface area contributed by atoms with E-state index in [0.29, 0.717) is 49.6 Å². The van der Waals surface area contributed by atoms with Gasteiger partial charge in [-0.2, -0.15) is 36.5 Å². The third kappa shape index (κ3) is 26.9. The summed E-state index contributed by atoms with van der Waals surface area (Å²) in [6.45, 7) is 8.18. The molecule has 8 aromatic heterocycles. The first-order valence-electron chi connectivity index (χ1n) is 47.6. The average molecular weight is 2160 g/mol. The Labute approximate surface area is 884 Å². The fraction of sp³-hybridized carbons (Fsp3) is 0.0820. The van der Waals surface area contributed by atoms with Crippen molar-refractivity contribution in [3.63, 3.8) is 0 Å². The summed E-state index contributed by atoms with van der Waals surface area (Å²) in [6, 6.07) is 151. The summed E-state index contributed by atoms with van der Waals surface area (Å²) in [5.74, 6) is 0. The quantitative estimate of drug-likeness (QED) is 0.0301. The van der Waals surface area contributed by atoms with Crippen LogP contribution in [0, 0.1) is 0 Å². The Morgan fingerprint density at radius 2 is 0.577 bits per heavy atom. The van der Waals surface area contributed by atoms with Gasteiger partial charge in [-0.3, -0.25) is 38.1 Å². The van der Waals surface area contributed by atoms with Crippen molar-refractivity contribution in [1.82, 2.24) is 48.6 Å². The Morgan fingerprint density at radius 1 is 0.309 bits per heavy atom. The van der Waals surface area contributed by atoms with Crippen molar-refractivity contribution < 1.29 is 56.1 Å². The summed E-state index contributed by atoms with van der Waals surface area (Å²) in [6.07, 6.45) is 1.22. The first-order chi connectivity index (χ1) is 71.8. The van der Waals surface area contributed by atoms with Crippen molar-refractivity contribution in [2.45, 2.75) is 51.2 Å². The third-order valence-corrected chi connectivity index (χ3v) is 34.4. The molecule has 27 heteroatoms. The Hall–Kier alpha value is -14.7. The van der Waals surface area contributed by atoms with Gasteiger partial charge < -0.3 is 9.31 Å². The number of alkyl halides is 6. The average Bonchev–Trinajstić information content (AvgIpc) is 1.50. The van der Waals surface area contributed by atoms with E-state index in [1.807, 2.05) is 40.9 Å². The van der Waals surface area contributed by atoms with E-state index in [4.69, 9.17) is 20.9 Å². The normalized spacial score (nSPS) is 12.3. The molecule has 0 bridgehead atoms. The smallest absolute Gasteiger partial charge is 0.399 e. The SMILES string of the molecule is Cn1cc(-c2ccc3ncc4ccc(=O)n(-c5cccc(C(F)(F)F)c5)c4c3n2)cn1.Cn1cc(B2OC(C)(C)C(C)(C)O2)cn1.O=c1ccc2cnc3ccc(Cl)nc3c2n1-c1cccc(C(F)(F)F)c1.[Pd].c1ccc(P(c2ccccc2)c2ccccc2)cc1.c1ccc(P(c2ccccc2)c2ccccc2)cc1.c1ccc(P(c2ccccc2)c2ccccc2)cc1.c1ccc(P(c2ccccc2)c2ccccc2)cc1. The topological polar surface area (TPSA) is 150 Å². The fourth-order valence-electron chi connectivity index (χ4n) is 16.6. The monoisotopic (exact) mass is 2160 g/mol. The first-order valence-corrected chi connectivity index (χ1v) is 53.3. The molecule has 23 rings (SSSR count). The number of hydrogen-bond donors (Lipinski definition) is 0. The summed E-state index contributed by atoms with van der Waals surface area (Å²) in [4.78, 5) is 42.9. The largest absolute Gasteiger partial charge is 0.498 e. The van der Waals surface area contributed by atoms with Gasteiger partial charge in [-0.05, 0) is 196 Å². The molecular formula is C122H100BClF6N10O4P4Pd. The van der Waals surface area contributed by atoms with Crippen LogP contribution in [0.3, 0.4) is 0 Å². The molecule has 0 unspecified atom stereocenters. The molecule has 0 N–H and O–H groups in total. The number of halogens is 7. The second-order valence-corrected chi connectivity index (χ2v) is 44.4. The molecule has 14 nitrogen and oxygen atoms in total. The zero-order valence-electron chi connectivity index (χ0n) is 81.8. The van der Waals surface area contributed by atoms with Gasteiger partial charge in [0.2, 0.25) is 0 Å². The van der Waals surface area contributed by atoms with Crippen molar-refractivity contribution in [3.8, 4) is 22.6 Å². The molecule has 149 heavy (non-hydrogen) atoms. The van der Waals surface area contributed by atoms with E-state index in [0.717, 1.165) is 35.3 Å². The van der Waals surface area contributed by atoms with E-state index in [1.165, 1.54) is 115 Å². The van der Waals surface area contributed by atoms with Crippen molar-refractivity contribution in [2.75, 3.05) is 0 Å². The summed E-state index contributed by atoms with van der Waals surface area (Å²) in [5.41, 5.74) is 1.84. The number of nitrogens with zero attached hydrogens (tertiary/aromatic N) is 10. The van der Waals surface area contributed by atoms with E-state index >= 15 is 0 Å². The summed E-state index contributed by atoms with van der Waals surface area (Å²) < 4.78 is 96.7. The first kappa shape index (κ1) is 107. The molecule has 1 saturated heterocycles. The van der Waals surface area contributed by atoms with Gasteiger partial charge in [-0.15, -0.1) is 0 Å². The molecular weight excluding hydrogens is 2060 g/mol. The van der Waals surface area contributed by atoms with E-state index in [2.05, 4.69) is 394 Å². The number of benzene rings is 14. The van der Waals surface area contributed by atoms with Crippen molar-refractivity contribution >= 4 is 163 Å². The molecule has 1 aliphatic rings. The molecule has 1 aliphatic heterocycles. The van der Waals surface area contributed by atoms with Crippen molar-refractivity contribution in [2.24, 2.45) is 14.1 Å². The molecule has 0 saturated carbocycles. The Balaban J connectivity index is 0.000000125. The Bertz CT molecular complexity index is 7390. The van der Waals surface area contributed by atoms with Crippen LogP contribution in [0.5, 0.6) is 0 Å². The van der Waals surface area contributed by atoms with Crippen LogP contribution >= 0.6 is 43.3 Å². The zero-order valence-corrected chi connectivity index (χ0v) is 87.7. The van der Waals surface area contributed by atoms with Gasteiger partial charge in [0.1, 0.15) is 16.2 Å². The molecule has 0 amide bonds. The van der Waals surface area contributed by atoms with Crippen LogP contribution in [0.2, 0.25) is 5.15 Å². The number of aromatic nitrogens is 10. The van der Waals surface area contributed by atoms with Crippen LogP contribution in [-0.4, -0.2) is 67.0 Å². The van der Waals surface area contributed by atoms with Crippen LogP contribution in [0.15, 0.2) is 508 Å². The maximum absolute atomic E-state index is 13.3. The molecule has 0 spiro atoms. The number of rotatable bonds is 16. The van der Waals surface area contributed by atoms with E-state index < -0.39 is 66.3 Å². The third-order valence-electron chi connectivity index (χ3n) is 24.4. The molecule has 744 valence electrons. The molecule has 0 aliphatic carbocycles. The number of fused-ring (bicyclic) bond motifs is 6. The van der Waals surface area contributed by atoms with Crippen molar-refractivity contribution in [1.29, 1.82) is 0 Å². The second kappa shape index (κ2) is 49.9. The molecule has 22 aromatic rings. The van der Waals surface area contributed by atoms with Crippen LogP contribution in [-0.2, 0) is 56.2 Å². The van der Waals surface area contributed by atoms with Crippen LogP contribution in [0.4, 0.5) is 26.3 Å². The van der Waals surface area contributed by atoms with Gasteiger partial charge >= 0.3 is 19.5 Å². The molecule has 0 atom stereocenters. The fourth-order valence-corrected chi connectivity index (χ4v) is 26.0. The number of pyridine rings is 6. The van der Waals surface area contributed by atoms with Gasteiger partial charge in [-0.1, -0.05) is 388 Å². The number of hydrogen-bond acceptors (Lipinski definition) is 10. The summed E-state index contributed by atoms with van der Waals surface area (Å²) in [7, 11) is 1.58. The minimum atomic E-state index is -4.53. The Morgan fingerprint density at radius 3 is 0.839 bits per heavy atom. The number of aryl methyl sites for hydroxylation is 2. The van der Waals surface area contributed by atoms with Crippen molar-refractivity contribution in [3.05, 3.63) is 535 Å². The minimum absolute atomic E-state index is 0. The minimum Gasteiger partial charge on any atom is -0.399 e. The van der Waals surface area contributed by atoms with Crippen LogP contribution in [0.25, 0.3) is 66.5 Å². The molecule has 14 aromatic carbocycles. The van der Waals surface area contributed by atoms with Gasteiger partial charge in [0.05, 0.1) is 56.3 Å². The molecule has 1 fully saturated rings. The summed E-state index contributed by atoms with van der Waals surface area (Å²) in [5, 5.41) is 26.4. The summed E-state index contributed by atoms with van der Waals surface area (Å²) >= 11 is 5.97. The van der Waals surface area contributed by atoms with E-state index in [-0.39, 0.29) is 55.3 Å². The van der Waals surface area contributed by atoms with Crippen LogP contribution in [0.1, 0.15) is 38.8 Å². The van der Waals surface area contributed by atoms with E-state index in [9.17, 15) is 35.9 Å². The molecule has 0 radical (unpaired) electrons. The van der Waals surface area contributed by atoms with Gasteiger partial charge in [0.15, 0.2) is 0 Å². The van der Waals surface area contributed by atoms with Crippen LogP contribution < -0.4 is 80.2 Å². The zero-order chi connectivity index (χ0) is 103. The maximum atomic E-state index is 13.3. The maximum Gasteiger partial charge on any atom is 0.498 e. The van der Waals surface area contributed by atoms with Gasteiger partial charge in [0.25, 0.3) is 11.1 Å².